The third-order valence-corrected chi connectivity index (χ3v) is 4.26. The molecule has 0 aliphatic rings. The van der Waals surface area contributed by atoms with Crippen LogP contribution in [0.25, 0.3) is 0 Å². The fraction of sp³-hybridized carbons (Fsp3) is 0.250. The molecule has 0 radical (unpaired) electrons. The number of aromatic nitrogens is 4. The number of hydrogen-bond donors (Lipinski definition) is 4. The Labute approximate surface area is 169 Å². The Balaban J connectivity index is 1.90. The van der Waals surface area contributed by atoms with E-state index in [1.807, 2.05) is 45.0 Å². The minimum atomic E-state index is -0.474. The number of hydrogen-bond acceptors (Lipinski definition) is 8. The van der Waals surface area contributed by atoms with Gasteiger partial charge in [-0.05, 0) is 44.0 Å². The van der Waals surface area contributed by atoms with Crippen LogP contribution in [-0.2, 0) is 5.54 Å². The first kappa shape index (κ1) is 20.2. The van der Waals surface area contributed by atoms with Gasteiger partial charge in [-0.1, -0.05) is 12.1 Å². The van der Waals surface area contributed by atoms with Gasteiger partial charge in [0.25, 0.3) is 5.91 Å². The Hall–Kier alpha value is -3.59. The second kappa shape index (κ2) is 8.19. The van der Waals surface area contributed by atoms with Crippen LogP contribution >= 0.6 is 0 Å². The van der Waals surface area contributed by atoms with Crippen molar-refractivity contribution in [3.8, 4) is 0 Å². The Morgan fingerprint density at radius 3 is 2.48 bits per heavy atom. The molecule has 3 aromatic rings. The van der Waals surface area contributed by atoms with Crippen molar-refractivity contribution in [2.75, 3.05) is 17.7 Å². The Morgan fingerprint density at radius 1 is 1.07 bits per heavy atom. The van der Waals surface area contributed by atoms with Crippen LogP contribution in [0.3, 0.4) is 0 Å². The number of aryl methyl sites for hydroxylation is 1. The van der Waals surface area contributed by atoms with E-state index in [1.54, 1.807) is 18.5 Å². The van der Waals surface area contributed by atoms with E-state index in [0.717, 1.165) is 11.1 Å². The summed E-state index contributed by atoms with van der Waals surface area (Å²) in [6, 6.07) is 9.17. The fourth-order valence-electron chi connectivity index (χ4n) is 2.56. The predicted molar refractivity (Wildman–Crippen MR) is 112 cm³/mol. The first-order valence-corrected chi connectivity index (χ1v) is 9.09. The molecule has 3 aromatic heterocycles. The Bertz CT molecular complexity index is 1010. The van der Waals surface area contributed by atoms with Gasteiger partial charge in [-0.3, -0.25) is 4.79 Å². The largest absolute Gasteiger partial charge is 0.354 e. The van der Waals surface area contributed by atoms with E-state index in [1.165, 1.54) is 7.05 Å². The number of carbonyl (C=O) groups excluding carboxylic acids is 1. The molecule has 0 saturated heterocycles. The average molecular weight is 392 g/mol. The Morgan fingerprint density at radius 2 is 1.86 bits per heavy atom. The van der Waals surface area contributed by atoms with Gasteiger partial charge in [0.2, 0.25) is 0 Å². The molecule has 0 unspecified atom stereocenters. The number of pyridine rings is 2. The van der Waals surface area contributed by atoms with Crippen LogP contribution in [0, 0.1) is 6.92 Å². The molecule has 1 amide bonds. The molecule has 0 spiro atoms. The second-order valence-electron chi connectivity index (χ2n) is 7.14. The zero-order chi connectivity index (χ0) is 21.0. The van der Waals surface area contributed by atoms with E-state index in [0.29, 0.717) is 23.1 Å². The van der Waals surface area contributed by atoms with Crippen LogP contribution in [0.1, 0.15) is 35.5 Å². The SMILES string of the molecule is CNC(=O)c1nnc(Nc2ccc(C(C)(C)N)cn2)cc1Nc1ncccc1C. The summed E-state index contributed by atoms with van der Waals surface area (Å²) in [4.78, 5) is 20.9. The highest BCUT2D eigenvalue weighted by atomic mass is 16.1. The summed E-state index contributed by atoms with van der Waals surface area (Å²) < 4.78 is 0. The summed E-state index contributed by atoms with van der Waals surface area (Å²) in [5.41, 5.74) is 8.10. The van der Waals surface area contributed by atoms with Crippen LogP contribution in [0.2, 0.25) is 0 Å². The van der Waals surface area contributed by atoms with Gasteiger partial charge < -0.3 is 21.7 Å². The van der Waals surface area contributed by atoms with Crippen molar-refractivity contribution in [3.05, 3.63) is 59.5 Å². The number of anilines is 4. The number of nitrogens with one attached hydrogen (secondary N) is 3. The minimum Gasteiger partial charge on any atom is -0.354 e. The van der Waals surface area contributed by atoms with Crippen LogP contribution in [0.15, 0.2) is 42.7 Å². The van der Waals surface area contributed by atoms with Gasteiger partial charge in [0.05, 0.1) is 5.69 Å². The van der Waals surface area contributed by atoms with Crippen LogP contribution in [0.4, 0.5) is 23.1 Å². The van der Waals surface area contributed by atoms with E-state index >= 15 is 0 Å². The maximum Gasteiger partial charge on any atom is 0.273 e. The first-order chi connectivity index (χ1) is 13.8. The lowest BCUT2D eigenvalue weighted by Crippen LogP contribution is -2.28. The monoisotopic (exact) mass is 392 g/mol. The highest BCUT2D eigenvalue weighted by molar-refractivity contribution is 5.98. The number of rotatable bonds is 6. The molecule has 29 heavy (non-hydrogen) atoms. The van der Waals surface area contributed by atoms with Gasteiger partial charge in [0, 0.05) is 31.0 Å². The van der Waals surface area contributed by atoms with Gasteiger partial charge in [-0.25, -0.2) is 9.97 Å². The van der Waals surface area contributed by atoms with Crippen molar-refractivity contribution >= 4 is 29.0 Å². The van der Waals surface area contributed by atoms with Crippen LogP contribution < -0.4 is 21.7 Å². The van der Waals surface area contributed by atoms with E-state index in [4.69, 9.17) is 5.73 Å². The molecule has 0 atom stereocenters. The van der Waals surface area contributed by atoms with E-state index < -0.39 is 5.54 Å². The van der Waals surface area contributed by atoms with Crippen molar-refractivity contribution in [2.24, 2.45) is 5.73 Å². The molecule has 0 aliphatic carbocycles. The topological polar surface area (TPSA) is 131 Å². The molecule has 3 rings (SSSR count). The van der Waals surface area contributed by atoms with Crippen molar-refractivity contribution < 1.29 is 4.79 Å². The molecule has 0 bridgehead atoms. The standard InChI is InChI=1S/C20H24N8O/c1-12-6-5-9-23-18(12)25-14-10-16(27-28-17(14)19(29)22-4)26-15-8-7-13(11-24-15)20(2,3)21/h5-11H,21H2,1-4H3,(H,22,29)(H2,23,24,25,26,27). The second-order valence-corrected chi connectivity index (χ2v) is 7.14. The number of amides is 1. The normalized spacial score (nSPS) is 11.1. The van der Waals surface area contributed by atoms with Crippen molar-refractivity contribution in [3.63, 3.8) is 0 Å². The lowest BCUT2D eigenvalue weighted by Gasteiger charge is -2.18. The quantitative estimate of drug-likeness (QED) is 0.503. The van der Waals surface area contributed by atoms with Crippen LogP contribution in [-0.4, -0.2) is 33.1 Å². The summed E-state index contributed by atoms with van der Waals surface area (Å²) in [6.45, 7) is 5.75. The predicted octanol–water partition coefficient (Wildman–Crippen LogP) is 2.62. The van der Waals surface area contributed by atoms with E-state index in [2.05, 4.69) is 36.1 Å². The zero-order valence-electron chi connectivity index (χ0n) is 16.8. The molecule has 9 nitrogen and oxygen atoms in total. The molecule has 9 heteroatoms. The number of nitrogens with zero attached hydrogens (tertiary/aromatic N) is 4. The van der Waals surface area contributed by atoms with Gasteiger partial charge in [0.15, 0.2) is 11.5 Å². The molecule has 5 N–H and O–H groups in total. The Kier molecular flexibility index (Phi) is 5.69. The fourth-order valence-corrected chi connectivity index (χ4v) is 2.56. The smallest absolute Gasteiger partial charge is 0.273 e. The van der Waals surface area contributed by atoms with Gasteiger partial charge in [0.1, 0.15) is 11.6 Å². The molecular weight excluding hydrogens is 368 g/mol. The lowest BCUT2D eigenvalue weighted by atomic mass is 9.98. The zero-order valence-corrected chi connectivity index (χ0v) is 16.8. The first-order valence-electron chi connectivity index (χ1n) is 9.09. The summed E-state index contributed by atoms with van der Waals surface area (Å²) >= 11 is 0. The summed E-state index contributed by atoms with van der Waals surface area (Å²) in [5.74, 6) is 1.29. The molecule has 0 aliphatic heterocycles. The van der Waals surface area contributed by atoms with Crippen molar-refractivity contribution in [1.29, 1.82) is 0 Å². The third kappa shape index (κ3) is 4.82. The molecule has 150 valence electrons. The van der Waals surface area contributed by atoms with Crippen molar-refractivity contribution in [1.82, 2.24) is 25.5 Å². The molecular formula is C20H24N8O. The lowest BCUT2D eigenvalue weighted by molar-refractivity contribution is 0.0958. The van der Waals surface area contributed by atoms with Gasteiger partial charge in [-0.15, -0.1) is 10.2 Å². The third-order valence-electron chi connectivity index (χ3n) is 4.26. The van der Waals surface area contributed by atoms with Gasteiger partial charge >= 0.3 is 0 Å². The number of carbonyl (C=O) groups is 1. The highest BCUT2D eigenvalue weighted by Gasteiger charge is 2.17. The van der Waals surface area contributed by atoms with E-state index in [9.17, 15) is 4.79 Å². The number of nitrogens with two attached hydrogens (primary N) is 1. The molecule has 0 aromatic carbocycles. The summed E-state index contributed by atoms with van der Waals surface area (Å²) in [6.07, 6.45) is 3.39. The summed E-state index contributed by atoms with van der Waals surface area (Å²) in [5, 5.41) is 17.0. The molecule has 0 fully saturated rings. The van der Waals surface area contributed by atoms with Crippen molar-refractivity contribution in [2.45, 2.75) is 26.3 Å². The molecule has 3 heterocycles. The van der Waals surface area contributed by atoms with Gasteiger partial charge in [-0.2, -0.15) is 0 Å². The average Bonchev–Trinajstić information content (AvgIpc) is 2.69. The maximum atomic E-state index is 12.2. The molecule has 0 saturated carbocycles. The minimum absolute atomic E-state index is 0.163. The summed E-state index contributed by atoms with van der Waals surface area (Å²) in [7, 11) is 1.54. The van der Waals surface area contributed by atoms with Crippen LogP contribution in [0.5, 0.6) is 0 Å². The maximum absolute atomic E-state index is 12.2. The van der Waals surface area contributed by atoms with E-state index in [-0.39, 0.29) is 11.6 Å². The highest BCUT2D eigenvalue weighted by Crippen LogP contribution is 2.24.